The monoisotopic (exact) mass is 225 g/mol. The molecule has 0 radical (unpaired) electrons. The quantitative estimate of drug-likeness (QED) is 0.413. The molecule has 4 nitrogen and oxygen atoms in total. The van der Waals surface area contributed by atoms with Crippen molar-refractivity contribution in [2.45, 2.75) is 19.1 Å². The van der Waals surface area contributed by atoms with Crippen molar-refractivity contribution in [1.82, 2.24) is 0 Å². The average Bonchev–Trinajstić information content (AvgIpc) is 2.39. The Kier molecular flexibility index (Phi) is 2.35. The number of fused-ring (bicyclic) bond motifs is 3. The van der Waals surface area contributed by atoms with E-state index in [1.807, 2.05) is 24.3 Å². The molecule has 1 heterocycles. The minimum atomic E-state index is -0.367. The number of azide groups is 1. The highest BCUT2D eigenvalue weighted by atomic mass is 16.5. The molecule has 0 saturated heterocycles. The lowest BCUT2D eigenvalue weighted by molar-refractivity contribution is 0.181. The van der Waals surface area contributed by atoms with Crippen LogP contribution in [0.5, 0.6) is 5.75 Å². The predicted octanol–water partition coefficient (Wildman–Crippen LogP) is 3.80. The maximum atomic E-state index is 8.42. The first-order chi connectivity index (χ1) is 8.38. The number of ether oxygens (including phenoxy) is 1. The molecule has 0 saturated carbocycles. The Balaban J connectivity index is 2.11. The van der Waals surface area contributed by atoms with Crippen molar-refractivity contribution >= 4 is 10.8 Å². The first-order valence-electron chi connectivity index (χ1n) is 5.60. The van der Waals surface area contributed by atoms with Crippen LogP contribution in [0.3, 0.4) is 0 Å². The number of nitrogens with zero attached hydrogens (tertiary/aromatic N) is 3. The summed E-state index contributed by atoms with van der Waals surface area (Å²) in [6.45, 7) is 0. The predicted molar refractivity (Wildman–Crippen MR) is 65.8 cm³/mol. The lowest BCUT2D eigenvalue weighted by Gasteiger charge is -2.23. The highest BCUT2D eigenvalue weighted by Gasteiger charge is 2.19. The van der Waals surface area contributed by atoms with Crippen LogP contribution in [-0.4, -0.2) is 6.23 Å². The second kappa shape index (κ2) is 4.00. The van der Waals surface area contributed by atoms with Gasteiger partial charge in [0.15, 0.2) is 6.23 Å². The van der Waals surface area contributed by atoms with Crippen LogP contribution >= 0.6 is 0 Å². The molecule has 0 N–H and O–H groups in total. The van der Waals surface area contributed by atoms with Gasteiger partial charge in [-0.1, -0.05) is 30.3 Å². The second-order valence-electron chi connectivity index (χ2n) is 4.08. The zero-order valence-corrected chi connectivity index (χ0v) is 9.21. The highest BCUT2D eigenvalue weighted by molar-refractivity contribution is 5.87. The van der Waals surface area contributed by atoms with Gasteiger partial charge in [0, 0.05) is 10.5 Å². The van der Waals surface area contributed by atoms with Gasteiger partial charge in [-0.3, -0.25) is 0 Å². The molecule has 0 unspecified atom stereocenters. The van der Waals surface area contributed by atoms with Gasteiger partial charge in [-0.25, -0.2) is 0 Å². The van der Waals surface area contributed by atoms with Crippen LogP contribution in [0.4, 0.5) is 0 Å². The highest BCUT2D eigenvalue weighted by Crippen LogP contribution is 2.34. The third-order valence-electron chi connectivity index (χ3n) is 3.08. The topological polar surface area (TPSA) is 58.0 Å². The van der Waals surface area contributed by atoms with E-state index in [2.05, 4.69) is 22.2 Å². The van der Waals surface area contributed by atoms with E-state index in [1.54, 1.807) is 0 Å². The molecule has 2 aromatic carbocycles. The summed E-state index contributed by atoms with van der Waals surface area (Å²) in [6.07, 6.45) is 1.26. The number of hydrogen-bond acceptors (Lipinski definition) is 2. The van der Waals surface area contributed by atoms with Crippen molar-refractivity contribution in [3.05, 3.63) is 52.4 Å². The Morgan fingerprint density at radius 3 is 3.00 bits per heavy atom. The normalized spacial score (nSPS) is 18.0. The third kappa shape index (κ3) is 1.69. The van der Waals surface area contributed by atoms with Crippen molar-refractivity contribution in [1.29, 1.82) is 0 Å². The first kappa shape index (κ1) is 10.00. The Morgan fingerprint density at radius 2 is 2.12 bits per heavy atom. The van der Waals surface area contributed by atoms with E-state index in [0.717, 1.165) is 18.6 Å². The van der Waals surface area contributed by atoms with E-state index < -0.39 is 0 Å². The van der Waals surface area contributed by atoms with Gasteiger partial charge in [0.2, 0.25) is 0 Å². The summed E-state index contributed by atoms with van der Waals surface area (Å²) in [6, 6.07) is 12.2. The average molecular weight is 225 g/mol. The molecule has 1 aliphatic heterocycles. The standard InChI is InChI=1S/C13H11N3O/c14-16-15-13-8-6-11-10-4-2-1-3-9(10)5-7-12(11)17-13/h1-5,7,13H,6,8H2/t13-/m0/s1. The summed E-state index contributed by atoms with van der Waals surface area (Å²) < 4.78 is 5.66. The molecule has 0 spiro atoms. The SMILES string of the molecule is [N-]=[N+]=N[C@@H]1CCc2c(ccc3ccccc23)O1. The Morgan fingerprint density at radius 1 is 1.24 bits per heavy atom. The van der Waals surface area contributed by atoms with Crippen LogP contribution < -0.4 is 4.74 Å². The first-order valence-corrected chi connectivity index (χ1v) is 5.60. The molecule has 0 amide bonds. The molecule has 4 heteroatoms. The van der Waals surface area contributed by atoms with Gasteiger partial charge >= 0.3 is 0 Å². The molecule has 1 atom stereocenters. The summed E-state index contributed by atoms with van der Waals surface area (Å²) in [4.78, 5) is 2.79. The Hall–Kier alpha value is -2.19. The minimum Gasteiger partial charge on any atom is -0.484 e. The van der Waals surface area contributed by atoms with Gasteiger partial charge in [-0.05, 0) is 40.3 Å². The van der Waals surface area contributed by atoms with Gasteiger partial charge < -0.3 is 4.74 Å². The van der Waals surface area contributed by atoms with Gasteiger partial charge in [0.1, 0.15) is 5.75 Å². The molecular weight excluding hydrogens is 214 g/mol. The van der Waals surface area contributed by atoms with E-state index in [1.165, 1.54) is 16.3 Å². The van der Waals surface area contributed by atoms with Crippen LogP contribution in [0.25, 0.3) is 21.2 Å². The zero-order valence-electron chi connectivity index (χ0n) is 9.21. The van der Waals surface area contributed by atoms with E-state index in [0.29, 0.717) is 0 Å². The number of benzene rings is 2. The lowest BCUT2D eigenvalue weighted by Crippen LogP contribution is -2.19. The van der Waals surface area contributed by atoms with Crippen LogP contribution in [0.15, 0.2) is 41.5 Å². The Labute approximate surface area is 98.4 Å². The zero-order chi connectivity index (χ0) is 11.7. The molecule has 17 heavy (non-hydrogen) atoms. The summed E-state index contributed by atoms with van der Waals surface area (Å²) in [5.74, 6) is 0.840. The van der Waals surface area contributed by atoms with Crippen molar-refractivity contribution in [3.8, 4) is 5.75 Å². The molecule has 0 bridgehead atoms. The summed E-state index contributed by atoms with van der Waals surface area (Å²) in [5, 5.41) is 6.07. The number of aryl methyl sites for hydroxylation is 1. The fraction of sp³-hybridized carbons (Fsp3) is 0.231. The fourth-order valence-electron chi connectivity index (χ4n) is 2.30. The molecule has 1 aliphatic rings. The van der Waals surface area contributed by atoms with E-state index in [9.17, 15) is 0 Å². The van der Waals surface area contributed by atoms with E-state index in [-0.39, 0.29) is 6.23 Å². The molecular formula is C13H11N3O. The molecule has 0 aliphatic carbocycles. The molecule has 2 aromatic rings. The molecule has 0 aromatic heterocycles. The maximum Gasteiger partial charge on any atom is 0.178 e. The van der Waals surface area contributed by atoms with Gasteiger partial charge in [-0.15, -0.1) is 0 Å². The fourth-order valence-corrected chi connectivity index (χ4v) is 2.30. The molecule has 0 fully saturated rings. The lowest BCUT2D eigenvalue weighted by atomic mass is 9.98. The van der Waals surface area contributed by atoms with Gasteiger partial charge in [0.25, 0.3) is 0 Å². The Bertz CT molecular complexity index is 617. The van der Waals surface area contributed by atoms with Crippen LogP contribution in [-0.2, 0) is 6.42 Å². The van der Waals surface area contributed by atoms with Crippen molar-refractivity contribution in [3.63, 3.8) is 0 Å². The molecule has 3 rings (SSSR count). The maximum absolute atomic E-state index is 8.42. The summed E-state index contributed by atoms with van der Waals surface area (Å²) in [5.41, 5.74) is 9.63. The van der Waals surface area contributed by atoms with Crippen molar-refractivity contribution in [2.24, 2.45) is 5.11 Å². The van der Waals surface area contributed by atoms with Crippen LogP contribution in [0.2, 0.25) is 0 Å². The van der Waals surface area contributed by atoms with Crippen LogP contribution in [0, 0.1) is 0 Å². The third-order valence-corrected chi connectivity index (χ3v) is 3.08. The number of rotatable bonds is 1. The van der Waals surface area contributed by atoms with Gasteiger partial charge in [-0.2, -0.15) is 0 Å². The van der Waals surface area contributed by atoms with E-state index >= 15 is 0 Å². The minimum absolute atomic E-state index is 0.367. The van der Waals surface area contributed by atoms with Crippen LogP contribution in [0.1, 0.15) is 12.0 Å². The largest absolute Gasteiger partial charge is 0.484 e. The molecule has 84 valence electrons. The summed E-state index contributed by atoms with van der Waals surface area (Å²) >= 11 is 0. The van der Waals surface area contributed by atoms with Crippen molar-refractivity contribution < 1.29 is 4.74 Å². The number of hydrogen-bond donors (Lipinski definition) is 0. The second-order valence-corrected chi connectivity index (χ2v) is 4.08. The van der Waals surface area contributed by atoms with Crippen molar-refractivity contribution in [2.75, 3.05) is 0 Å². The summed E-state index contributed by atoms with van der Waals surface area (Å²) in [7, 11) is 0. The van der Waals surface area contributed by atoms with E-state index in [4.69, 9.17) is 10.3 Å². The van der Waals surface area contributed by atoms with Gasteiger partial charge in [0.05, 0.1) is 0 Å². The smallest absolute Gasteiger partial charge is 0.178 e.